The first kappa shape index (κ1) is 8.55. The summed E-state index contributed by atoms with van der Waals surface area (Å²) in [5, 5.41) is 9.56. The van der Waals surface area contributed by atoms with Gasteiger partial charge in [-0.1, -0.05) is 0 Å². The van der Waals surface area contributed by atoms with E-state index < -0.39 is 5.97 Å². The lowest BCUT2D eigenvalue weighted by Crippen LogP contribution is -2.01. The van der Waals surface area contributed by atoms with Gasteiger partial charge < -0.3 is 14.8 Å². The van der Waals surface area contributed by atoms with Gasteiger partial charge >= 0.3 is 5.97 Å². The molecule has 0 aliphatic rings. The Kier molecular flexibility index (Phi) is 1.85. The van der Waals surface area contributed by atoms with E-state index in [9.17, 15) is 4.79 Å². The van der Waals surface area contributed by atoms with Gasteiger partial charge in [-0.2, -0.15) is 0 Å². The van der Waals surface area contributed by atoms with Crippen molar-refractivity contribution in [3.8, 4) is 5.75 Å². The van der Waals surface area contributed by atoms with Crippen LogP contribution in [0.4, 0.5) is 0 Å². The van der Waals surface area contributed by atoms with Crippen LogP contribution >= 0.6 is 0 Å². The van der Waals surface area contributed by atoms with E-state index in [0.29, 0.717) is 11.3 Å². The molecule has 2 heterocycles. The molecule has 2 aromatic heterocycles. The fourth-order valence-electron chi connectivity index (χ4n) is 1.35. The standard InChI is InChI=1S/C9H8N2O3/c1-14-6-4-11-8(9(12)13)7-5(6)2-3-10-7/h2-4,10H,1H3,(H,12,13). The van der Waals surface area contributed by atoms with Crippen molar-refractivity contribution < 1.29 is 14.6 Å². The maximum Gasteiger partial charge on any atom is 0.356 e. The number of aromatic amines is 1. The quantitative estimate of drug-likeness (QED) is 0.751. The van der Waals surface area contributed by atoms with E-state index in [1.54, 1.807) is 12.3 Å². The van der Waals surface area contributed by atoms with Gasteiger partial charge in [0.1, 0.15) is 5.75 Å². The number of rotatable bonds is 2. The molecule has 0 spiro atoms. The Hall–Kier alpha value is -2.04. The molecule has 72 valence electrons. The molecule has 2 aromatic rings. The van der Waals surface area contributed by atoms with Crippen LogP contribution in [-0.2, 0) is 0 Å². The van der Waals surface area contributed by atoms with Gasteiger partial charge in [0.05, 0.1) is 18.8 Å². The molecule has 2 rings (SSSR count). The van der Waals surface area contributed by atoms with Gasteiger partial charge in [-0.25, -0.2) is 9.78 Å². The molecule has 0 radical (unpaired) electrons. The number of methoxy groups -OCH3 is 1. The number of pyridine rings is 1. The van der Waals surface area contributed by atoms with Crippen LogP contribution in [0.5, 0.6) is 5.75 Å². The maximum absolute atomic E-state index is 10.8. The molecule has 2 N–H and O–H groups in total. The summed E-state index contributed by atoms with van der Waals surface area (Å²) in [6, 6.07) is 1.75. The van der Waals surface area contributed by atoms with E-state index in [2.05, 4.69) is 9.97 Å². The van der Waals surface area contributed by atoms with E-state index in [1.807, 2.05) is 0 Å². The molecule has 0 unspecified atom stereocenters. The van der Waals surface area contributed by atoms with Gasteiger partial charge in [-0.3, -0.25) is 0 Å². The Bertz CT molecular complexity index is 490. The molecule has 0 saturated carbocycles. The molecule has 14 heavy (non-hydrogen) atoms. The van der Waals surface area contributed by atoms with Crippen molar-refractivity contribution in [2.24, 2.45) is 0 Å². The number of aromatic carboxylic acids is 1. The number of hydrogen-bond donors (Lipinski definition) is 2. The summed E-state index contributed by atoms with van der Waals surface area (Å²) in [7, 11) is 1.52. The van der Waals surface area contributed by atoms with Crippen molar-refractivity contribution in [3.05, 3.63) is 24.2 Å². The number of aromatic nitrogens is 2. The molecule has 0 aliphatic carbocycles. The van der Waals surface area contributed by atoms with Crippen LogP contribution in [0.25, 0.3) is 10.9 Å². The first-order valence-corrected chi connectivity index (χ1v) is 3.97. The Morgan fingerprint density at radius 2 is 2.43 bits per heavy atom. The molecule has 5 heteroatoms. The fraction of sp³-hybridized carbons (Fsp3) is 0.111. The Morgan fingerprint density at radius 3 is 3.07 bits per heavy atom. The predicted octanol–water partition coefficient (Wildman–Crippen LogP) is 1.27. The number of H-pyrrole nitrogens is 1. The van der Waals surface area contributed by atoms with Gasteiger partial charge in [-0.05, 0) is 6.07 Å². The van der Waals surface area contributed by atoms with Gasteiger partial charge in [0.25, 0.3) is 0 Å². The van der Waals surface area contributed by atoms with Crippen LogP contribution in [0.1, 0.15) is 10.5 Å². The number of nitrogens with zero attached hydrogens (tertiary/aromatic N) is 1. The highest BCUT2D eigenvalue weighted by Gasteiger charge is 2.13. The number of nitrogens with one attached hydrogen (secondary N) is 1. The third-order valence-corrected chi connectivity index (χ3v) is 1.98. The molecule has 0 bridgehead atoms. The van der Waals surface area contributed by atoms with Crippen molar-refractivity contribution >= 4 is 16.9 Å². The molecule has 0 aliphatic heterocycles. The number of carbonyl (C=O) groups is 1. The highest BCUT2D eigenvalue weighted by molar-refractivity contribution is 6.01. The topological polar surface area (TPSA) is 75.2 Å². The summed E-state index contributed by atoms with van der Waals surface area (Å²) in [5.74, 6) is -0.494. The highest BCUT2D eigenvalue weighted by Crippen LogP contribution is 2.25. The van der Waals surface area contributed by atoms with Gasteiger partial charge in [-0.15, -0.1) is 0 Å². The number of carboxylic acids is 1. The van der Waals surface area contributed by atoms with Crippen LogP contribution in [0.15, 0.2) is 18.5 Å². The second-order valence-electron chi connectivity index (χ2n) is 2.75. The molecular weight excluding hydrogens is 184 g/mol. The van der Waals surface area contributed by atoms with Gasteiger partial charge in [0, 0.05) is 11.6 Å². The second kappa shape index (κ2) is 3.02. The molecule has 0 fully saturated rings. The zero-order chi connectivity index (χ0) is 10.1. The highest BCUT2D eigenvalue weighted by atomic mass is 16.5. The fourth-order valence-corrected chi connectivity index (χ4v) is 1.35. The number of fused-ring (bicyclic) bond motifs is 1. The first-order chi connectivity index (χ1) is 6.74. The summed E-state index contributed by atoms with van der Waals surface area (Å²) in [4.78, 5) is 17.4. The Balaban J connectivity index is 2.78. The SMILES string of the molecule is COc1cnc(C(=O)O)c2[nH]ccc12. The van der Waals surface area contributed by atoms with Crippen molar-refractivity contribution in [1.29, 1.82) is 0 Å². The van der Waals surface area contributed by atoms with E-state index in [0.717, 1.165) is 5.39 Å². The van der Waals surface area contributed by atoms with Gasteiger partial charge in [0.15, 0.2) is 5.69 Å². The lowest BCUT2D eigenvalue weighted by Gasteiger charge is -2.02. The van der Waals surface area contributed by atoms with E-state index in [1.165, 1.54) is 13.3 Å². The minimum atomic E-state index is -1.06. The van der Waals surface area contributed by atoms with Crippen LogP contribution in [0.2, 0.25) is 0 Å². The summed E-state index contributed by atoms with van der Waals surface area (Å²) in [6.45, 7) is 0. The molecular formula is C9H8N2O3. The number of carboxylic acid groups (broad SMARTS) is 1. The molecule has 0 aromatic carbocycles. The smallest absolute Gasteiger partial charge is 0.356 e. The zero-order valence-corrected chi connectivity index (χ0v) is 7.44. The third kappa shape index (κ3) is 1.10. The van der Waals surface area contributed by atoms with Crippen molar-refractivity contribution in [1.82, 2.24) is 9.97 Å². The van der Waals surface area contributed by atoms with Crippen LogP contribution in [0, 0.1) is 0 Å². The molecule has 5 nitrogen and oxygen atoms in total. The maximum atomic E-state index is 10.8. The average molecular weight is 192 g/mol. The molecule has 0 amide bonds. The zero-order valence-electron chi connectivity index (χ0n) is 7.44. The van der Waals surface area contributed by atoms with Crippen LogP contribution in [0.3, 0.4) is 0 Å². The third-order valence-electron chi connectivity index (χ3n) is 1.98. The van der Waals surface area contributed by atoms with Crippen molar-refractivity contribution in [2.45, 2.75) is 0 Å². The summed E-state index contributed by atoms with van der Waals surface area (Å²) >= 11 is 0. The Morgan fingerprint density at radius 1 is 1.64 bits per heavy atom. The largest absolute Gasteiger partial charge is 0.494 e. The van der Waals surface area contributed by atoms with Crippen LogP contribution in [-0.4, -0.2) is 28.2 Å². The Labute approximate surface area is 79.3 Å². The van der Waals surface area contributed by atoms with E-state index in [-0.39, 0.29) is 5.69 Å². The monoisotopic (exact) mass is 192 g/mol. The van der Waals surface area contributed by atoms with Crippen LogP contribution < -0.4 is 4.74 Å². The lowest BCUT2D eigenvalue weighted by atomic mass is 10.2. The van der Waals surface area contributed by atoms with Crippen molar-refractivity contribution in [2.75, 3.05) is 7.11 Å². The minimum absolute atomic E-state index is 0.00537. The summed E-state index contributed by atoms with van der Waals surface area (Å²) in [6.07, 6.45) is 3.06. The van der Waals surface area contributed by atoms with Gasteiger partial charge in [0.2, 0.25) is 0 Å². The van der Waals surface area contributed by atoms with Crippen molar-refractivity contribution in [3.63, 3.8) is 0 Å². The predicted molar refractivity (Wildman–Crippen MR) is 49.6 cm³/mol. The number of ether oxygens (including phenoxy) is 1. The normalized spacial score (nSPS) is 10.4. The average Bonchev–Trinajstić information content (AvgIpc) is 2.64. The minimum Gasteiger partial charge on any atom is -0.494 e. The van der Waals surface area contributed by atoms with E-state index in [4.69, 9.17) is 9.84 Å². The number of hydrogen-bond acceptors (Lipinski definition) is 3. The summed E-state index contributed by atoms with van der Waals surface area (Å²) < 4.78 is 5.05. The lowest BCUT2D eigenvalue weighted by molar-refractivity contribution is 0.0692. The first-order valence-electron chi connectivity index (χ1n) is 3.97. The molecule has 0 atom stereocenters. The summed E-state index contributed by atoms with van der Waals surface area (Å²) in [5.41, 5.74) is 0.489. The molecule has 0 saturated heterocycles. The second-order valence-corrected chi connectivity index (χ2v) is 2.75. The van der Waals surface area contributed by atoms with E-state index >= 15 is 0 Å².